The molecule has 0 radical (unpaired) electrons. The van der Waals surface area contributed by atoms with Gasteiger partial charge in [0, 0.05) is 6.54 Å². The zero-order valence-corrected chi connectivity index (χ0v) is 13.1. The number of benzene rings is 2. The van der Waals surface area contributed by atoms with E-state index in [9.17, 15) is 8.42 Å². The lowest BCUT2D eigenvalue weighted by atomic mass is 10.2. The van der Waals surface area contributed by atoms with Crippen LogP contribution in [0.25, 0.3) is 0 Å². The molecule has 4 nitrogen and oxygen atoms in total. The third-order valence-corrected chi connectivity index (χ3v) is 6.06. The Balaban J connectivity index is 1.67. The van der Waals surface area contributed by atoms with Crippen molar-refractivity contribution < 1.29 is 13.2 Å². The number of ether oxygens (including phenoxy) is 1. The first-order valence-corrected chi connectivity index (χ1v) is 8.92. The molecule has 0 saturated carbocycles. The molecule has 1 unspecified atom stereocenters. The predicted octanol–water partition coefficient (Wildman–Crippen LogP) is 2.40. The van der Waals surface area contributed by atoms with Crippen molar-refractivity contribution in [2.24, 2.45) is 0 Å². The van der Waals surface area contributed by atoms with Crippen molar-refractivity contribution >= 4 is 9.84 Å². The summed E-state index contributed by atoms with van der Waals surface area (Å²) >= 11 is 0. The Morgan fingerprint density at radius 2 is 1.77 bits per heavy atom. The smallest absolute Gasteiger partial charge is 0.182 e. The van der Waals surface area contributed by atoms with E-state index in [-0.39, 0.29) is 5.25 Å². The maximum atomic E-state index is 12.4. The topological polar surface area (TPSA) is 55.4 Å². The fraction of sp³-hybridized carbons (Fsp3) is 0.294. The van der Waals surface area contributed by atoms with E-state index in [0.29, 0.717) is 30.2 Å². The van der Waals surface area contributed by atoms with Crippen LogP contribution in [0.1, 0.15) is 12.0 Å². The molecule has 1 atom stereocenters. The maximum absolute atomic E-state index is 12.4. The van der Waals surface area contributed by atoms with E-state index in [1.54, 1.807) is 24.3 Å². The molecule has 1 heterocycles. The van der Waals surface area contributed by atoms with Crippen molar-refractivity contribution in [1.29, 1.82) is 0 Å². The molecular formula is C17H19NO3S. The second-order valence-electron chi connectivity index (χ2n) is 5.41. The Labute approximate surface area is 131 Å². The molecule has 1 saturated heterocycles. The van der Waals surface area contributed by atoms with Crippen molar-refractivity contribution in [3.63, 3.8) is 0 Å². The number of nitrogens with one attached hydrogen (secondary N) is 1. The van der Waals surface area contributed by atoms with Gasteiger partial charge in [0.15, 0.2) is 9.84 Å². The molecule has 0 amide bonds. The average molecular weight is 317 g/mol. The fourth-order valence-electron chi connectivity index (χ4n) is 2.55. The fourth-order valence-corrected chi connectivity index (χ4v) is 4.22. The number of hydrogen-bond acceptors (Lipinski definition) is 4. The van der Waals surface area contributed by atoms with Gasteiger partial charge in [-0.1, -0.05) is 30.3 Å². The lowest BCUT2D eigenvalue weighted by molar-refractivity contribution is 0.306. The van der Waals surface area contributed by atoms with Gasteiger partial charge in [-0.05, 0) is 42.8 Å². The van der Waals surface area contributed by atoms with Gasteiger partial charge in [0.2, 0.25) is 0 Å². The number of rotatable bonds is 5. The first-order chi connectivity index (χ1) is 10.7. The monoisotopic (exact) mass is 317 g/mol. The van der Waals surface area contributed by atoms with Gasteiger partial charge in [0.1, 0.15) is 12.4 Å². The van der Waals surface area contributed by atoms with E-state index in [4.69, 9.17) is 4.74 Å². The molecule has 0 aliphatic carbocycles. The van der Waals surface area contributed by atoms with Crippen molar-refractivity contribution in [2.75, 3.05) is 13.1 Å². The molecule has 1 aliphatic rings. The Bertz CT molecular complexity index is 705. The lowest BCUT2D eigenvalue weighted by Crippen LogP contribution is -2.23. The molecular weight excluding hydrogens is 298 g/mol. The van der Waals surface area contributed by atoms with E-state index in [0.717, 1.165) is 12.1 Å². The van der Waals surface area contributed by atoms with Crippen molar-refractivity contribution in [2.45, 2.75) is 23.2 Å². The summed E-state index contributed by atoms with van der Waals surface area (Å²) in [5, 5.41) is 2.78. The third kappa shape index (κ3) is 3.31. The van der Waals surface area contributed by atoms with Crippen LogP contribution in [0.5, 0.6) is 5.75 Å². The van der Waals surface area contributed by atoms with E-state index in [1.807, 2.05) is 30.3 Å². The zero-order chi connectivity index (χ0) is 15.4. The zero-order valence-electron chi connectivity index (χ0n) is 12.2. The number of hydrogen-bond donors (Lipinski definition) is 1. The van der Waals surface area contributed by atoms with Gasteiger partial charge in [-0.15, -0.1) is 0 Å². The van der Waals surface area contributed by atoms with Gasteiger partial charge >= 0.3 is 0 Å². The summed E-state index contributed by atoms with van der Waals surface area (Å²) in [4.78, 5) is 0.369. The quantitative estimate of drug-likeness (QED) is 0.920. The van der Waals surface area contributed by atoms with Crippen LogP contribution < -0.4 is 10.1 Å². The summed E-state index contributed by atoms with van der Waals surface area (Å²) in [6.07, 6.45) is 0.675. The Morgan fingerprint density at radius 3 is 2.41 bits per heavy atom. The SMILES string of the molecule is O=S(=O)(c1ccc(OCc2ccccc2)cc1)C1CCNC1. The van der Waals surface area contributed by atoms with Gasteiger partial charge in [0.25, 0.3) is 0 Å². The highest BCUT2D eigenvalue weighted by Crippen LogP contribution is 2.23. The lowest BCUT2D eigenvalue weighted by Gasteiger charge is -2.11. The maximum Gasteiger partial charge on any atom is 0.182 e. The molecule has 0 bridgehead atoms. The van der Waals surface area contributed by atoms with Crippen LogP contribution >= 0.6 is 0 Å². The highest BCUT2D eigenvalue weighted by atomic mass is 32.2. The Morgan fingerprint density at radius 1 is 1.05 bits per heavy atom. The first-order valence-electron chi connectivity index (χ1n) is 7.38. The molecule has 0 spiro atoms. The Kier molecular flexibility index (Phi) is 4.45. The summed E-state index contributed by atoms with van der Waals surface area (Å²) < 4.78 is 30.6. The van der Waals surface area contributed by atoms with Gasteiger partial charge < -0.3 is 10.1 Å². The van der Waals surface area contributed by atoms with Crippen LogP contribution in [0.4, 0.5) is 0 Å². The van der Waals surface area contributed by atoms with E-state index in [2.05, 4.69) is 5.32 Å². The van der Waals surface area contributed by atoms with Crippen molar-refractivity contribution in [3.8, 4) is 5.75 Å². The van der Waals surface area contributed by atoms with Gasteiger partial charge in [-0.25, -0.2) is 8.42 Å². The molecule has 1 N–H and O–H groups in total. The van der Waals surface area contributed by atoms with Crippen LogP contribution in [0.2, 0.25) is 0 Å². The van der Waals surface area contributed by atoms with Crippen molar-refractivity contribution in [1.82, 2.24) is 5.32 Å². The largest absolute Gasteiger partial charge is 0.489 e. The van der Waals surface area contributed by atoms with Crippen LogP contribution in [0, 0.1) is 0 Å². The second kappa shape index (κ2) is 6.50. The minimum Gasteiger partial charge on any atom is -0.489 e. The van der Waals surface area contributed by atoms with Gasteiger partial charge in [-0.2, -0.15) is 0 Å². The summed E-state index contributed by atoms with van der Waals surface area (Å²) in [5.74, 6) is 0.673. The third-order valence-electron chi connectivity index (χ3n) is 3.85. The van der Waals surface area contributed by atoms with E-state index < -0.39 is 9.84 Å². The molecule has 116 valence electrons. The molecule has 1 aliphatic heterocycles. The molecule has 2 aromatic carbocycles. The van der Waals surface area contributed by atoms with Crippen LogP contribution in [-0.2, 0) is 16.4 Å². The number of sulfone groups is 1. The van der Waals surface area contributed by atoms with E-state index in [1.165, 1.54) is 0 Å². The minimum atomic E-state index is -3.24. The van der Waals surface area contributed by atoms with E-state index >= 15 is 0 Å². The second-order valence-corrected chi connectivity index (χ2v) is 7.63. The highest BCUT2D eigenvalue weighted by Gasteiger charge is 2.29. The molecule has 0 aromatic heterocycles. The summed E-state index contributed by atoms with van der Waals surface area (Å²) in [5.41, 5.74) is 1.08. The minimum absolute atomic E-state index is 0.316. The Hall–Kier alpha value is -1.85. The summed E-state index contributed by atoms with van der Waals surface area (Å²) in [6, 6.07) is 16.6. The molecule has 2 aromatic rings. The van der Waals surface area contributed by atoms with Crippen molar-refractivity contribution in [3.05, 3.63) is 60.2 Å². The first kappa shape index (κ1) is 15.1. The van der Waals surface area contributed by atoms with Gasteiger partial charge in [-0.3, -0.25) is 0 Å². The van der Waals surface area contributed by atoms with Gasteiger partial charge in [0.05, 0.1) is 10.1 Å². The molecule has 1 fully saturated rings. The predicted molar refractivity (Wildman–Crippen MR) is 85.7 cm³/mol. The normalized spacial score (nSPS) is 18.3. The average Bonchev–Trinajstić information content (AvgIpc) is 3.10. The summed E-state index contributed by atoms with van der Waals surface area (Å²) in [6.45, 7) is 1.77. The molecule has 3 rings (SSSR count). The molecule has 5 heteroatoms. The highest BCUT2D eigenvalue weighted by molar-refractivity contribution is 7.92. The standard InChI is InChI=1S/C17H19NO3S/c19-22(20,17-10-11-18-12-17)16-8-6-15(7-9-16)21-13-14-4-2-1-3-5-14/h1-9,17-18H,10-13H2. The van der Waals surface area contributed by atoms with Crippen LogP contribution in [0.15, 0.2) is 59.5 Å². The summed E-state index contributed by atoms with van der Waals surface area (Å²) in [7, 11) is -3.24. The molecule has 22 heavy (non-hydrogen) atoms. The van der Waals surface area contributed by atoms with Crippen LogP contribution in [0.3, 0.4) is 0 Å². The van der Waals surface area contributed by atoms with Crippen LogP contribution in [-0.4, -0.2) is 26.8 Å².